The summed E-state index contributed by atoms with van der Waals surface area (Å²) >= 11 is 0. The summed E-state index contributed by atoms with van der Waals surface area (Å²) in [6, 6.07) is 12.4. The van der Waals surface area contributed by atoms with E-state index < -0.39 is 0 Å². The zero-order chi connectivity index (χ0) is 21.0. The van der Waals surface area contributed by atoms with E-state index in [1.165, 1.54) is 18.4 Å². The second-order valence-corrected chi connectivity index (χ2v) is 7.39. The van der Waals surface area contributed by atoms with Gasteiger partial charge in [-0.3, -0.25) is 0 Å². The van der Waals surface area contributed by atoms with Gasteiger partial charge in [-0.1, -0.05) is 38.5 Å². The van der Waals surface area contributed by atoms with E-state index in [2.05, 4.69) is 62.9 Å². The van der Waals surface area contributed by atoms with Crippen molar-refractivity contribution in [1.82, 2.24) is 15.0 Å². The van der Waals surface area contributed by atoms with E-state index in [0.717, 1.165) is 48.0 Å². The fraction of sp³-hybridized carbons (Fsp3) is 0.375. The molecule has 0 aromatic carbocycles. The monoisotopic (exact) mass is 404 g/mol. The van der Waals surface area contributed by atoms with Crippen molar-refractivity contribution in [3.8, 4) is 0 Å². The molecule has 0 aliphatic rings. The molecule has 0 bridgehead atoms. The van der Waals surface area contributed by atoms with Crippen molar-refractivity contribution in [1.29, 1.82) is 0 Å². The van der Waals surface area contributed by atoms with E-state index in [-0.39, 0.29) is 0 Å². The summed E-state index contributed by atoms with van der Waals surface area (Å²) in [7, 11) is 0. The summed E-state index contributed by atoms with van der Waals surface area (Å²) < 4.78 is 0. The highest BCUT2D eigenvalue weighted by Crippen LogP contribution is 2.12. The second kappa shape index (κ2) is 11.8. The predicted molar refractivity (Wildman–Crippen MR) is 125 cm³/mol. The number of aromatic nitrogens is 3. The maximum absolute atomic E-state index is 4.51. The highest BCUT2D eigenvalue weighted by atomic mass is 15.0. The van der Waals surface area contributed by atoms with E-state index in [0.29, 0.717) is 13.1 Å². The molecule has 6 heteroatoms. The first-order valence-corrected chi connectivity index (χ1v) is 10.8. The Morgan fingerprint density at radius 3 is 1.53 bits per heavy atom. The molecule has 3 aromatic heterocycles. The number of rotatable bonds is 12. The maximum Gasteiger partial charge on any atom is 0.126 e. The second-order valence-electron chi connectivity index (χ2n) is 7.39. The van der Waals surface area contributed by atoms with Gasteiger partial charge in [0.2, 0.25) is 0 Å². The zero-order valence-corrected chi connectivity index (χ0v) is 18.0. The smallest absolute Gasteiger partial charge is 0.126 e. The number of aryl methyl sites for hydroxylation is 1. The standard InChI is InChI=1S/C24H32N6/c1-3-5-6-19-7-10-23(26-14-19)28-17-21-9-12-24(30-18-21)29-16-20-8-11-22(27-15-20)25-13-4-2/h7-12,14-15,18H,3-6,13,16-17H2,1-2H3,(H,25,27)(H,26,28)(H,29,30). The van der Waals surface area contributed by atoms with Crippen molar-refractivity contribution in [2.24, 2.45) is 0 Å². The lowest BCUT2D eigenvalue weighted by molar-refractivity contribution is 0.792. The SMILES string of the molecule is CCCCc1ccc(NCc2ccc(NCc3ccc(NCCC)nc3)nc2)nc1. The number of anilines is 3. The topological polar surface area (TPSA) is 74.8 Å². The maximum atomic E-state index is 4.51. The first kappa shape index (κ1) is 21.6. The molecule has 6 nitrogen and oxygen atoms in total. The Morgan fingerprint density at radius 2 is 1.10 bits per heavy atom. The van der Waals surface area contributed by atoms with Gasteiger partial charge in [0.15, 0.2) is 0 Å². The summed E-state index contributed by atoms with van der Waals surface area (Å²) in [4.78, 5) is 13.4. The average molecular weight is 405 g/mol. The third-order valence-electron chi connectivity index (χ3n) is 4.80. The van der Waals surface area contributed by atoms with Crippen LogP contribution in [-0.2, 0) is 19.5 Å². The number of nitrogens with one attached hydrogen (secondary N) is 3. The first-order valence-electron chi connectivity index (χ1n) is 10.8. The van der Waals surface area contributed by atoms with Crippen molar-refractivity contribution in [3.05, 3.63) is 71.7 Å². The van der Waals surface area contributed by atoms with Crippen molar-refractivity contribution in [3.63, 3.8) is 0 Å². The van der Waals surface area contributed by atoms with E-state index in [1.807, 2.05) is 36.8 Å². The van der Waals surface area contributed by atoms with Gasteiger partial charge in [0.25, 0.3) is 0 Å². The molecule has 30 heavy (non-hydrogen) atoms. The molecular weight excluding hydrogens is 372 g/mol. The minimum absolute atomic E-state index is 0.694. The molecule has 0 amide bonds. The normalized spacial score (nSPS) is 10.6. The molecule has 0 atom stereocenters. The highest BCUT2D eigenvalue weighted by molar-refractivity contribution is 5.40. The molecule has 0 spiro atoms. The van der Waals surface area contributed by atoms with Crippen LogP contribution >= 0.6 is 0 Å². The quantitative estimate of drug-likeness (QED) is 0.382. The highest BCUT2D eigenvalue weighted by Gasteiger charge is 2.00. The Labute approximate surface area is 179 Å². The fourth-order valence-corrected chi connectivity index (χ4v) is 2.96. The van der Waals surface area contributed by atoms with Crippen LogP contribution in [0.1, 0.15) is 49.8 Å². The van der Waals surface area contributed by atoms with Gasteiger partial charge in [0.05, 0.1) is 0 Å². The Balaban J connectivity index is 1.43. The molecule has 0 radical (unpaired) electrons. The minimum Gasteiger partial charge on any atom is -0.370 e. The van der Waals surface area contributed by atoms with Gasteiger partial charge < -0.3 is 16.0 Å². The number of hydrogen-bond acceptors (Lipinski definition) is 6. The minimum atomic E-state index is 0.694. The lowest BCUT2D eigenvalue weighted by Gasteiger charge is -2.09. The Hall–Kier alpha value is -3.15. The number of hydrogen-bond donors (Lipinski definition) is 3. The van der Waals surface area contributed by atoms with E-state index in [1.54, 1.807) is 0 Å². The molecule has 3 N–H and O–H groups in total. The van der Waals surface area contributed by atoms with Crippen LogP contribution in [0.5, 0.6) is 0 Å². The summed E-state index contributed by atoms with van der Waals surface area (Å²) in [5, 5.41) is 9.98. The molecule has 0 saturated heterocycles. The third-order valence-corrected chi connectivity index (χ3v) is 4.80. The molecule has 0 aliphatic carbocycles. The summed E-state index contributed by atoms with van der Waals surface area (Å²) in [5.41, 5.74) is 3.53. The molecule has 158 valence electrons. The van der Waals surface area contributed by atoms with E-state index >= 15 is 0 Å². The van der Waals surface area contributed by atoms with Gasteiger partial charge in [0.1, 0.15) is 17.5 Å². The molecular formula is C24H32N6. The number of pyridine rings is 3. The molecule has 0 fully saturated rings. The van der Waals surface area contributed by atoms with Crippen molar-refractivity contribution in [2.45, 2.75) is 52.6 Å². The van der Waals surface area contributed by atoms with Gasteiger partial charge in [-0.25, -0.2) is 15.0 Å². The van der Waals surface area contributed by atoms with Crippen molar-refractivity contribution < 1.29 is 0 Å². The van der Waals surface area contributed by atoms with Crippen LogP contribution in [0.25, 0.3) is 0 Å². The Morgan fingerprint density at radius 1 is 0.600 bits per heavy atom. The lowest BCUT2D eigenvalue weighted by atomic mass is 10.1. The Bertz CT molecular complexity index is 785. The van der Waals surface area contributed by atoms with Crippen LogP contribution in [0.2, 0.25) is 0 Å². The van der Waals surface area contributed by atoms with Crippen LogP contribution in [-0.4, -0.2) is 21.5 Å². The van der Waals surface area contributed by atoms with Gasteiger partial charge in [-0.2, -0.15) is 0 Å². The van der Waals surface area contributed by atoms with Crippen molar-refractivity contribution >= 4 is 17.5 Å². The Kier molecular flexibility index (Phi) is 8.45. The zero-order valence-electron chi connectivity index (χ0n) is 18.0. The predicted octanol–water partition coefficient (Wildman–Crippen LogP) is 5.26. The summed E-state index contributed by atoms with van der Waals surface area (Å²) in [5.74, 6) is 2.66. The summed E-state index contributed by atoms with van der Waals surface area (Å²) in [6.07, 6.45) is 10.3. The van der Waals surface area contributed by atoms with Gasteiger partial charge in [-0.15, -0.1) is 0 Å². The summed E-state index contributed by atoms with van der Waals surface area (Å²) in [6.45, 7) is 6.68. The largest absolute Gasteiger partial charge is 0.370 e. The third kappa shape index (κ3) is 7.03. The van der Waals surface area contributed by atoms with Gasteiger partial charge >= 0.3 is 0 Å². The molecule has 0 unspecified atom stereocenters. The van der Waals surface area contributed by atoms with Crippen LogP contribution in [0.4, 0.5) is 17.5 Å². The molecule has 0 saturated carbocycles. The molecule has 3 aromatic rings. The van der Waals surface area contributed by atoms with Crippen LogP contribution in [0, 0.1) is 0 Å². The van der Waals surface area contributed by atoms with Gasteiger partial charge in [0, 0.05) is 38.2 Å². The molecule has 0 aliphatic heterocycles. The van der Waals surface area contributed by atoms with Crippen molar-refractivity contribution in [2.75, 3.05) is 22.5 Å². The van der Waals surface area contributed by atoms with Crippen LogP contribution in [0.3, 0.4) is 0 Å². The van der Waals surface area contributed by atoms with Gasteiger partial charge in [-0.05, 0) is 54.2 Å². The molecule has 3 rings (SSSR count). The van der Waals surface area contributed by atoms with E-state index in [9.17, 15) is 0 Å². The number of unbranched alkanes of at least 4 members (excludes halogenated alkanes) is 1. The lowest BCUT2D eigenvalue weighted by Crippen LogP contribution is -2.05. The van der Waals surface area contributed by atoms with Crippen LogP contribution in [0.15, 0.2) is 55.0 Å². The number of nitrogens with zero attached hydrogens (tertiary/aromatic N) is 3. The fourth-order valence-electron chi connectivity index (χ4n) is 2.96. The van der Waals surface area contributed by atoms with Crippen LogP contribution < -0.4 is 16.0 Å². The van der Waals surface area contributed by atoms with E-state index in [4.69, 9.17) is 0 Å². The molecule has 3 heterocycles. The first-order chi connectivity index (χ1) is 14.8. The average Bonchev–Trinajstić information content (AvgIpc) is 2.80.